The van der Waals surface area contributed by atoms with Crippen LogP contribution in [0.15, 0.2) is 91.0 Å². The van der Waals surface area contributed by atoms with Gasteiger partial charge in [-0.2, -0.15) is 0 Å². The van der Waals surface area contributed by atoms with E-state index in [2.05, 4.69) is 15.6 Å². The first-order chi connectivity index (χ1) is 17.0. The highest BCUT2D eigenvalue weighted by Crippen LogP contribution is 2.30. The van der Waals surface area contributed by atoms with E-state index in [9.17, 15) is 4.79 Å². The molecule has 35 heavy (non-hydrogen) atoms. The van der Waals surface area contributed by atoms with Crippen LogP contribution in [0.5, 0.6) is 0 Å². The van der Waals surface area contributed by atoms with Crippen molar-refractivity contribution in [2.45, 2.75) is 13.8 Å². The van der Waals surface area contributed by atoms with Crippen LogP contribution in [0, 0.1) is 13.8 Å². The summed E-state index contributed by atoms with van der Waals surface area (Å²) in [6.07, 6.45) is 0. The topological polar surface area (TPSA) is 66.9 Å². The molecular formula is C29H23ClN4O. The number of halogens is 1. The molecule has 0 aliphatic rings. The Hall–Kier alpha value is -4.22. The van der Waals surface area contributed by atoms with Crippen LogP contribution in [-0.2, 0) is 0 Å². The van der Waals surface area contributed by atoms with Gasteiger partial charge >= 0.3 is 0 Å². The fraction of sp³-hybridized carbons (Fsp3) is 0.0690. The first-order valence-electron chi connectivity index (χ1n) is 11.3. The number of nitrogens with one attached hydrogen (secondary N) is 2. The Morgan fingerprint density at radius 2 is 1.51 bits per heavy atom. The lowest BCUT2D eigenvalue weighted by atomic mass is 10.1. The summed E-state index contributed by atoms with van der Waals surface area (Å²) in [5.41, 5.74) is 6.79. The number of para-hydroxylation sites is 1. The Morgan fingerprint density at radius 3 is 2.23 bits per heavy atom. The van der Waals surface area contributed by atoms with E-state index in [1.165, 1.54) is 0 Å². The molecule has 0 spiro atoms. The molecule has 1 heterocycles. The summed E-state index contributed by atoms with van der Waals surface area (Å²) in [4.78, 5) is 22.2. The highest BCUT2D eigenvalue weighted by atomic mass is 35.5. The third kappa shape index (κ3) is 4.86. The zero-order valence-corrected chi connectivity index (χ0v) is 20.1. The summed E-state index contributed by atoms with van der Waals surface area (Å²) >= 11 is 6.24. The Bertz CT molecular complexity index is 1510. The number of carbonyl (C=O) groups excluding carboxylic acids is 1. The second kappa shape index (κ2) is 9.57. The molecule has 1 aromatic heterocycles. The molecule has 5 nitrogen and oxygen atoms in total. The van der Waals surface area contributed by atoms with Crippen LogP contribution in [0.4, 0.5) is 17.3 Å². The van der Waals surface area contributed by atoms with E-state index < -0.39 is 0 Å². The molecule has 172 valence electrons. The monoisotopic (exact) mass is 478 g/mol. The number of carbonyl (C=O) groups is 1. The van der Waals surface area contributed by atoms with E-state index in [0.717, 1.165) is 44.7 Å². The molecule has 0 atom stereocenters. The summed E-state index contributed by atoms with van der Waals surface area (Å²) < 4.78 is 0. The minimum absolute atomic E-state index is 0.156. The van der Waals surface area contributed by atoms with Crippen LogP contribution in [0.2, 0.25) is 5.02 Å². The van der Waals surface area contributed by atoms with Gasteiger partial charge in [0.15, 0.2) is 0 Å². The SMILES string of the molecule is Cc1cccc(C)c1NC(=O)c1ccc(Nc2nc(-c3ccccc3)c3ccc(Cl)cc3n2)cc1. The van der Waals surface area contributed by atoms with Gasteiger partial charge in [0.25, 0.3) is 5.91 Å². The lowest BCUT2D eigenvalue weighted by Crippen LogP contribution is -2.13. The minimum atomic E-state index is -0.156. The maximum absolute atomic E-state index is 12.8. The highest BCUT2D eigenvalue weighted by Gasteiger charge is 2.12. The Balaban J connectivity index is 1.42. The van der Waals surface area contributed by atoms with Crippen molar-refractivity contribution in [3.63, 3.8) is 0 Å². The lowest BCUT2D eigenvalue weighted by molar-refractivity contribution is 0.102. The van der Waals surface area contributed by atoms with Gasteiger partial charge in [0, 0.05) is 32.9 Å². The highest BCUT2D eigenvalue weighted by molar-refractivity contribution is 6.31. The fourth-order valence-corrected chi connectivity index (χ4v) is 4.17. The molecule has 0 unspecified atom stereocenters. The Labute approximate surface area is 208 Å². The quantitative estimate of drug-likeness (QED) is 0.273. The molecule has 4 aromatic carbocycles. The van der Waals surface area contributed by atoms with Gasteiger partial charge in [-0.25, -0.2) is 9.97 Å². The minimum Gasteiger partial charge on any atom is -0.324 e. The third-order valence-electron chi connectivity index (χ3n) is 5.83. The van der Waals surface area contributed by atoms with Gasteiger partial charge in [0.05, 0.1) is 11.2 Å². The fourth-order valence-electron chi connectivity index (χ4n) is 4.01. The third-order valence-corrected chi connectivity index (χ3v) is 6.06. The van der Waals surface area contributed by atoms with E-state index in [0.29, 0.717) is 16.5 Å². The average molecular weight is 479 g/mol. The number of hydrogen-bond acceptors (Lipinski definition) is 4. The molecule has 1 amide bonds. The van der Waals surface area contributed by atoms with Crippen LogP contribution >= 0.6 is 11.6 Å². The summed E-state index contributed by atoms with van der Waals surface area (Å²) in [7, 11) is 0. The number of aryl methyl sites for hydroxylation is 2. The number of fused-ring (bicyclic) bond motifs is 1. The maximum atomic E-state index is 12.8. The van der Waals surface area contributed by atoms with Gasteiger partial charge in [-0.1, -0.05) is 60.1 Å². The predicted molar refractivity (Wildman–Crippen MR) is 144 cm³/mol. The molecule has 0 saturated carbocycles. The molecular weight excluding hydrogens is 456 g/mol. The van der Waals surface area contributed by atoms with Crippen molar-refractivity contribution < 1.29 is 4.79 Å². The van der Waals surface area contributed by atoms with E-state index in [4.69, 9.17) is 16.6 Å². The van der Waals surface area contributed by atoms with Crippen molar-refractivity contribution in [1.82, 2.24) is 9.97 Å². The number of hydrogen-bond donors (Lipinski definition) is 2. The molecule has 2 N–H and O–H groups in total. The Morgan fingerprint density at radius 1 is 0.800 bits per heavy atom. The number of anilines is 3. The number of nitrogens with zero attached hydrogens (tertiary/aromatic N) is 2. The molecule has 5 aromatic rings. The van der Waals surface area contributed by atoms with Gasteiger partial charge in [-0.3, -0.25) is 4.79 Å². The molecule has 0 bridgehead atoms. The van der Waals surface area contributed by atoms with Crippen molar-refractivity contribution in [3.8, 4) is 11.3 Å². The second-order valence-electron chi connectivity index (χ2n) is 8.35. The van der Waals surface area contributed by atoms with Crippen LogP contribution in [0.3, 0.4) is 0 Å². The Kier molecular flexibility index (Phi) is 6.17. The first kappa shape index (κ1) is 22.6. The van der Waals surface area contributed by atoms with E-state index in [1.54, 1.807) is 12.1 Å². The van der Waals surface area contributed by atoms with E-state index >= 15 is 0 Å². The maximum Gasteiger partial charge on any atom is 0.255 e. The van der Waals surface area contributed by atoms with Gasteiger partial charge in [0.1, 0.15) is 0 Å². The molecule has 0 saturated heterocycles. The number of rotatable bonds is 5. The van der Waals surface area contributed by atoms with Gasteiger partial charge in [-0.15, -0.1) is 0 Å². The zero-order chi connectivity index (χ0) is 24.4. The smallest absolute Gasteiger partial charge is 0.255 e. The largest absolute Gasteiger partial charge is 0.324 e. The first-order valence-corrected chi connectivity index (χ1v) is 11.6. The predicted octanol–water partition coefficient (Wildman–Crippen LogP) is 7.56. The summed E-state index contributed by atoms with van der Waals surface area (Å²) in [6, 6.07) is 28.8. The normalized spacial score (nSPS) is 10.8. The van der Waals surface area contributed by atoms with Gasteiger partial charge in [0.2, 0.25) is 5.95 Å². The van der Waals surface area contributed by atoms with E-state index in [1.807, 2.05) is 92.7 Å². The van der Waals surface area contributed by atoms with Gasteiger partial charge < -0.3 is 10.6 Å². The van der Waals surface area contributed by atoms with Crippen LogP contribution < -0.4 is 10.6 Å². The summed E-state index contributed by atoms with van der Waals surface area (Å²) in [5, 5.41) is 7.81. The summed E-state index contributed by atoms with van der Waals surface area (Å²) in [6.45, 7) is 3.96. The zero-order valence-electron chi connectivity index (χ0n) is 19.3. The standard InChI is InChI=1S/C29H23ClN4O/c1-18-7-6-8-19(2)26(18)33-28(35)21-11-14-23(15-12-21)31-29-32-25-17-22(30)13-16-24(25)27(34-29)20-9-4-3-5-10-20/h3-17H,1-2H3,(H,33,35)(H,31,32,34). The van der Waals surface area contributed by atoms with Crippen molar-refractivity contribution in [2.24, 2.45) is 0 Å². The van der Waals surface area contributed by atoms with Crippen LogP contribution in [-0.4, -0.2) is 15.9 Å². The molecule has 0 aliphatic carbocycles. The molecule has 0 fully saturated rings. The van der Waals surface area contributed by atoms with Gasteiger partial charge in [-0.05, 0) is 67.4 Å². The molecule has 6 heteroatoms. The van der Waals surface area contributed by atoms with Crippen molar-refractivity contribution >= 4 is 45.7 Å². The number of benzene rings is 4. The van der Waals surface area contributed by atoms with Crippen molar-refractivity contribution in [2.75, 3.05) is 10.6 Å². The second-order valence-corrected chi connectivity index (χ2v) is 8.78. The summed E-state index contributed by atoms with van der Waals surface area (Å²) in [5.74, 6) is 0.295. The van der Waals surface area contributed by atoms with Crippen LogP contribution in [0.1, 0.15) is 21.5 Å². The number of amides is 1. The molecule has 5 rings (SSSR count). The van der Waals surface area contributed by atoms with E-state index in [-0.39, 0.29) is 5.91 Å². The molecule has 0 aliphatic heterocycles. The lowest BCUT2D eigenvalue weighted by Gasteiger charge is -2.13. The van der Waals surface area contributed by atoms with Crippen LogP contribution in [0.25, 0.3) is 22.2 Å². The van der Waals surface area contributed by atoms with Crippen molar-refractivity contribution in [3.05, 3.63) is 113 Å². The average Bonchev–Trinajstić information content (AvgIpc) is 2.86. The molecule has 0 radical (unpaired) electrons. The van der Waals surface area contributed by atoms with Crippen molar-refractivity contribution in [1.29, 1.82) is 0 Å². The number of aromatic nitrogens is 2.